The normalized spacial score (nSPS) is 10.6. The summed E-state index contributed by atoms with van der Waals surface area (Å²) in [5, 5.41) is 5.95. The maximum absolute atomic E-state index is 11.8. The van der Waals surface area contributed by atoms with Gasteiger partial charge in [-0.05, 0) is 38.4 Å². The van der Waals surface area contributed by atoms with Gasteiger partial charge >= 0.3 is 0 Å². The summed E-state index contributed by atoms with van der Waals surface area (Å²) in [5.41, 5.74) is 1.88. The van der Waals surface area contributed by atoms with Crippen molar-refractivity contribution in [1.82, 2.24) is 4.90 Å². The van der Waals surface area contributed by atoms with Crippen molar-refractivity contribution >= 4 is 38.9 Å². The largest absolute Gasteiger partial charge is 0.388 e. The molecule has 0 radical (unpaired) electrons. The molecule has 1 rings (SSSR count). The van der Waals surface area contributed by atoms with Gasteiger partial charge in [0, 0.05) is 42.9 Å². The van der Waals surface area contributed by atoms with E-state index in [0.29, 0.717) is 6.42 Å². The topological polar surface area (TPSA) is 44.4 Å². The molecule has 20 heavy (non-hydrogen) atoms. The number of rotatable bonds is 9. The number of nitrogens with zero attached hydrogens (tertiary/aromatic N) is 1. The van der Waals surface area contributed by atoms with Gasteiger partial charge in [0.15, 0.2) is 0 Å². The zero-order valence-corrected chi connectivity index (χ0v) is 13.9. The lowest BCUT2D eigenvalue weighted by Crippen LogP contribution is -2.14. The smallest absolute Gasteiger partial charge is 0.225 e. The van der Waals surface area contributed by atoms with Crippen molar-refractivity contribution in [2.24, 2.45) is 0 Å². The number of hydrogen-bond donors (Lipinski definition) is 2. The molecule has 0 atom stereocenters. The predicted molar refractivity (Wildman–Crippen MR) is 92.7 cm³/mol. The van der Waals surface area contributed by atoms with Gasteiger partial charge in [-0.3, -0.25) is 4.79 Å². The molecule has 0 fully saturated rings. The molecule has 0 saturated heterocycles. The average Bonchev–Trinajstić information content (AvgIpc) is 2.43. The summed E-state index contributed by atoms with van der Waals surface area (Å²) >= 11 is 0. The van der Waals surface area contributed by atoms with E-state index in [2.05, 4.69) is 29.6 Å². The van der Waals surface area contributed by atoms with Gasteiger partial charge in [-0.1, -0.05) is 21.6 Å². The van der Waals surface area contributed by atoms with Crippen LogP contribution in [0.4, 0.5) is 11.4 Å². The first-order chi connectivity index (χ1) is 9.61. The third-order valence-electron chi connectivity index (χ3n) is 2.57. The number of carbonyl (C=O) groups excluding carboxylic acids is 1. The second-order valence-corrected chi connectivity index (χ2v) is 7.27. The van der Waals surface area contributed by atoms with Crippen molar-refractivity contribution in [2.75, 3.05) is 49.8 Å². The number of benzene rings is 1. The monoisotopic (exact) mass is 313 g/mol. The van der Waals surface area contributed by atoms with Gasteiger partial charge in [0.2, 0.25) is 5.91 Å². The minimum absolute atomic E-state index is 0.0721. The van der Waals surface area contributed by atoms with Crippen LogP contribution in [0.5, 0.6) is 0 Å². The van der Waals surface area contributed by atoms with Crippen molar-refractivity contribution in [1.29, 1.82) is 0 Å². The van der Waals surface area contributed by atoms with Crippen molar-refractivity contribution in [3.05, 3.63) is 24.3 Å². The molecule has 6 heteroatoms. The molecule has 2 N–H and O–H groups in total. The summed E-state index contributed by atoms with van der Waals surface area (Å²) in [7, 11) is 9.59. The quantitative estimate of drug-likeness (QED) is 0.542. The summed E-state index contributed by atoms with van der Waals surface area (Å²) in [5.74, 6) is 2.01. The minimum Gasteiger partial charge on any atom is -0.388 e. The third-order valence-corrected chi connectivity index (χ3v) is 4.96. The molecular formula is C14H23N3OS2. The molecule has 0 saturated carbocycles. The summed E-state index contributed by atoms with van der Waals surface area (Å²) in [6, 6.07) is 7.70. The average molecular weight is 313 g/mol. The first kappa shape index (κ1) is 17.2. The lowest BCUT2D eigenvalue weighted by atomic mass is 10.2. The highest BCUT2D eigenvalue weighted by atomic mass is 33.1. The Bertz CT molecular complexity index is 396. The maximum atomic E-state index is 11.8. The highest BCUT2D eigenvalue weighted by Gasteiger charge is 2.02. The lowest BCUT2D eigenvalue weighted by molar-refractivity contribution is -0.115. The molecule has 1 amide bonds. The molecular weight excluding hydrogens is 290 g/mol. The molecule has 0 spiro atoms. The van der Waals surface area contributed by atoms with Gasteiger partial charge in [-0.25, -0.2) is 0 Å². The summed E-state index contributed by atoms with van der Waals surface area (Å²) < 4.78 is 0. The van der Waals surface area contributed by atoms with Crippen molar-refractivity contribution < 1.29 is 4.79 Å². The highest BCUT2D eigenvalue weighted by molar-refractivity contribution is 8.76. The fourth-order valence-corrected chi connectivity index (χ4v) is 3.54. The summed E-state index contributed by atoms with van der Waals surface area (Å²) in [6.07, 6.45) is 0.549. The number of hydrogen-bond acceptors (Lipinski definition) is 5. The van der Waals surface area contributed by atoms with E-state index >= 15 is 0 Å². The number of amides is 1. The molecule has 0 unspecified atom stereocenters. The van der Waals surface area contributed by atoms with Crippen molar-refractivity contribution in [3.8, 4) is 0 Å². The van der Waals surface area contributed by atoms with Gasteiger partial charge in [0.1, 0.15) is 0 Å². The lowest BCUT2D eigenvalue weighted by Gasteiger charge is -2.08. The van der Waals surface area contributed by atoms with Crippen LogP contribution in [-0.2, 0) is 4.79 Å². The van der Waals surface area contributed by atoms with E-state index < -0.39 is 0 Å². The van der Waals surface area contributed by atoms with Gasteiger partial charge in [-0.2, -0.15) is 0 Å². The molecule has 0 bridgehead atoms. The SMILES string of the molecule is CNc1ccc(NC(=O)CCSSCCN(C)C)cc1. The minimum atomic E-state index is 0.0721. The number of nitrogens with one attached hydrogen (secondary N) is 2. The first-order valence-corrected chi connectivity index (χ1v) is 9.07. The molecule has 0 aliphatic rings. The standard InChI is InChI=1S/C14H23N3OS2/c1-15-12-4-6-13(7-5-12)16-14(18)8-10-19-20-11-9-17(2)3/h4-7,15H,8-11H2,1-3H3,(H,16,18). The van der Waals surface area contributed by atoms with Crippen LogP contribution in [0.1, 0.15) is 6.42 Å². The number of anilines is 2. The molecule has 0 aliphatic heterocycles. The molecule has 0 heterocycles. The first-order valence-electron chi connectivity index (χ1n) is 6.58. The summed E-state index contributed by atoms with van der Waals surface area (Å²) in [6.45, 7) is 1.07. The van der Waals surface area contributed by atoms with Crippen LogP contribution in [0.3, 0.4) is 0 Å². The van der Waals surface area contributed by atoms with E-state index in [9.17, 15) is 4.79 Å². The second-order valence-electron chi connectivity index (χ2n) is 4.57. The van der Waals surface area contributed by atoms with Gasteiger partial charge < -0.3 is 15.5 Å². The fourth-order valence-electron chi connectivity index (χ4n) is 1.42. The second kappa shape index (κ2) is 9.96. The van der Waals surface area contributed by atoms with Gasteiger partial charge in [-0.15, -0.1) is 0 Å². The molecule has 1 aromatic rings. The van der Waals surface area contributed by atoms with E-state index in [1.165, 1.54) is 0 Å². The Labute approximate surface area is 129 Å². The van der Waals surface area contributed by atoms with E-state index in [-0.39, 0.29) is 5.91 Å². The van der Waals surface area contributed by atoms with Crippen LogP contribution in [-0.4, -0.2) is 50.0 Å². The Balaban J connectivity index is 2.13. The summed E-state index contributed by atoms with van der Waals surface area (Å²) in [4.78, 5) is 13.9. The fraction of sp³-hybridized carbons (Fsp3) is 0.500. The van der Waals surface area contributed by atoms with Crippen LogP contribution in [0.15, 0.2) is 24.3 Å². The van der Waals surface area contributed by atoms with Crippen LogP contribution < -0.4 is 10.6 Å². The predicted octanol–water partition coefficient (Wildman–Crippen LogP) is 3.00. The van der Waals surface area contributed by atoms with Crippen LogP contribution in [0.25, 0.3) is 0 Å². The third kappa shape index (κ3) is 7.67. The van der Waals surface area contributed by atoms with E-state index in [0.717, 1.165) is 29.4 Å². The Morgan fingerprint density at radius 3 is 2.30 bits per heavy atom. The number of carbonyl (C=O) groups is 1. The van der Waals surface area contributed by atoms with Crippen molar-refractivity contribution in [3.63, 3.8) is 0 Å². The Morgan fingerprint density at radius 1 is 1.10 bits per heavy atom. The molecule has 0 aromatic heterocycles. The van der Waals surface area contributed by atoms with E-state index in [1.807, 2.05) is 42.1 Å². The maximum Gasteiger partial charge on any atom is 0.225 e. The molecule has 112 valence electrons. The van der Waals surface area contributed by atoms with E-state index in [1.54, 1.807) is 10.8 Å². The van der Waals surface area contributed by atoms with Gasteiger partial charge in [0.25, 0.3) is 0 Å². The van der Waals surface area contributed by atoms with Crippen LogP contribution in [0.2, 0.25) is 0 Å². The zero-order valence-electron chi connectivity index (χ0n) is 12.3. The van der Waals surface area contributed by atoms with Gasteiger partial charge in [0.05, 0.1) is 0 Å². The Hall–Kier alpha value is -0.850. The van der Waals surface area contributed by atoms with Crippen molar-refractivity contribution in [2.45, 2.75) is 6.42 Å². The molecule has 4 nitrogen and oxygen atoms in total. The highest BCUT2D eigenvalue weighted by Crippen LogP contribution is 2.22. The van der Waals surface area contributed by atoms with Crippen LogP contribution >= 0.6 is 21.6 Å². The van der Waals surface area contributed by atoms with E-state index in [4.69, 9.17) is 0 Å². The zero-order chi connectivity index (χ0) is 14.8. The Kier molecular flexibility index (Phi) is 8.57. The van der Waals surface area contributed by atoms with Crippen LogP contribution in [0, 0.1) is 0 Å². The Morgan fingerprint density at radius 2 is 1.70 bits per heavy atom. The molecule has 0 aliphatic carbocycles. The molecule has 1 aromatic carbocycles.